The topological polar surface area (TPSA) is 104 Å². The summed E-state index contributed by atoms with van der Waals surface area (Å²) >= 11 is 0. The normalized spacial score (nSPS) is 23.3. The van der Waals surface area contributed by atoms with Crippen LogP contribution in [0, 0.1) is 12.8 Å². The van der Waals surface area contributed by atoms with Crippen molar-refractivity contribution in [2.24, 2.45) is 5.92 Å². The summed E-state index contributed by atoms with van der Waals surface area (Å²) in [5.74, 6) is -2.24. The molecule has 0 saturated carbocycles. The third kappa shape index (κ3) is 5.61. The van der Waals surface area contributed by atoms with Crippen LogP contribution in [0.5, 0.6) is 0 Å². The van der Waals surface area contributed by atoms with E-state index in [1.807, 2.05) is 35.0 Å². The monoisotopic (exact) mass is 454 g/mol. The SMILES string of the molecule is Cc1cnc(C(=O)N2CC[C@H]3[C@H](CC(Cn4cccn4)N3C)C2)cn1.O=C(O)C(F)(F)F. The molecular weight excluding hydrogens is 429 g/mol. The van der Waals surface area contributed by atoms with Gasteiger partial charge in [0.15, 0.2) is 0 Å². The zero-order chi connectivity index (χ0) is 23.5. The van der Waals surface area contributed by atoms with Crippen LogP contribution in [-0.2, 0) is 11.3 Å². The van der Waals surface area contributed by atoms with Crippen LogP contribution in [0.3, 0.4) is 0 Å². The number of hydrogen-bond acceptors (Lipinski definition) is 6. The van der Waals surface area contributed by atoms with Gasteiger partial charge >= 0.3 is 12.1 Å². The van der Waals surface area contributed by atoms with Gasteiger partial charge in [0.1, 0.15) is 5.69 Å². The van der Waals surface area contributed by atoms with E-state index in [0.29, 0.717) is 23.7 Å². The van der Waals surface area contributed by atoms with Gasteiger partial charge in [-0.15, -0.1) is 0 Å². The van der Waals surface area contributed by atoms with Crippen LogP contribution in [-0.4, -0.2) is 84.9 Å². The fraction of sp³-hybridized carbons (Fsp3) is 0.550. The largest absolute Gasteiger partial charge is 0.490 e. The smallest absolute Gasteiger partial charge is 0.475 e. The second kappa shape index (κ2) is 9.63. The number of carboxylic acid groups (broad SMARTS) is 1. The summed E-state index contributed by atoms with van der Waals surface area (Å²) in [4.78, 5) is 34.5. The van der Waals surface area contributed by atoms with E-state index < -0.39 is 12.1 Å². The Morgan fingerprint density at radius 2 is 1.97 bits per heavy atom. The molecule has 2 aromatic heterocycles. The predicted molar refractivity (Wildman–Crippen MR) is 107 cm³/mol. The maximum atomic E-state index is 12.7. The Labute approximate surface area is 182 Å². The van der Waals surface area contributed by atoms with Gasteiger partial charge < -0.3 is 10.0 Å². The second-order valence-corrected chi connectivity index (χ2v) is 8.00. The van der Waals surface area contributed by atoms with Crippen LogP contribution in [0.15, 0.2) is 30.9 Å². The number of alkyl halides is 3. The lowest BCUT2D eigenvalue weighted by Gasteiger charge is -2.37. The molecule has 12 heteroatoms. The van der Waals surface area contributed by atoms with Crippen molar-refractivity contribution in [1.29, 1.82) is 0 Å². The number of aliphatic carboxylic acids is 1. The van der Waals surface area contributed by atoms with E-state index in [2.05, 4.69) is 27.0 Å². The van der Waals surface area contributed by atoms with Crippen LogP contribution < -0.4 is 0 Å². The van der Waals surface area contributed by atoms with E-state index in [1.54, 1.807) is 12.4 Å². The maximum absolute atomic E-state index is 12.7. The Kier molecular flexibility index (Phi) is 7.12. The first-order valence-corrected chi connectivity index (χ1v) is 10.1. The molecule has 2 aromatic rings. The molecule has 3 atom stereocenters. The summed E-state index contributed by atoms with van der Waals surface area (Å²) in [5, 5.41) is 11.5. The molecule has 9 nitrogen and oxygen atoms in total. The zero-order valence-corrected chi connectivity index (χ0v) is 17.7. The first-order valence-electron chi connectivity index (χ1n) is 10.1. The first-order chi connectivity index (χ1) is 15.1. The number of nitrogens with zero attached hydrogens (tertiary/aromatic N) is 6. The summed E-state index contributed by atoms with van der Waals surface area (Å²) in [7, 11) is 2.21. The number of piperidine rings is 1. The van der Waals surface area contributed by atoms with Crippen molar-refractivity contribution in [2.75, 3.05) is 20.1 Å². The Morgan fingerprint density at radius 1 is 1.25 bits per heavy atom. The summed E-state index contributed by atoms with van der Waals surface area (Å²) in [6.07, 6.45) is 4.12. The van der Waals surface area contributed by atoms with Crippen molar-refractivity contribution in [2.45, 2.75) is 44.6 Å². The molecule has 1 N–H and O–H groups in total. The first kappa shape index (κ1) is 23.6. The third-order valence-electron chi connectivity index (χ3n) is 5.85. The van der Waals surface area contributed by atoms with Crippen molar-refractivity contribution in [3.63, 3.8) is 0 Å². The van der Waals surface area contributed by atoms with E-state index in [1.165, 1.54) is 0 Å². The summed E-state index contributed by atoms with van der Waals surface area (Å²) in [6, 6.07) is 2.99. The van der Waals surface area contributed by atoms with Crippen molar-refractivity contribution >= 4 is 11.9 Å². The Bertz CT molecular complexity index is 920. The molecule has 1 unspecified atom stereocenters. The number of carbonyl (C=O) groups is 2. The highest BCUT2D eigenvalue weighted by Gasteiger charge is 2.43. The molecule has 4 rings (SSSR count). The molecule has 2 fully saturated rings. The van der Waals surface area contributed by atoms with Gasteiger partial charge in [0.2, 0.25) is 0 Å². The number of likely N-dealkylation sites (tertiary alicyclic amines) is 2. The number of aromatic nitrogens is 4. The molecule has 4 heterocycles. The number of likely N-dealkylation sites (N-methyl/N-ethyl adjacent to an activating group) is 1. The molecule has 2 saturated heterocycles. The highest BCUT2D eigenvalue weighted by atomic mass is 19.4. The van der Waals surface area contributed by atoms with Gasteiger partial charge in [-0.05, 0) is 38.8 Å². The number of aryl methyl sites for hydroxylation is 1. The number of hydrogen-bond donors (Lipinski definition) is 1. The molecule has 0 spiro atoms. The average molecular weight is 454 g/mol. The van der Waals surface area contributed by atoms with E-state index in [-0.39, 0.29) is 5.91 Å². The van der Waals surface area contributed by atoms with Gasteiger partial charge in [-0.3, -0.25) is 19.4 Å². The van der Waals surface area contributed by atoms with Crippen LogP contribution >= 0.6 is 0 Å². The predicted octanol–water partition coefficient (Wildman–Crippen LogP) is 1.85. The number of amides is 1. The molecule has 32 heavy (non-hydrogen) atoms. The zero-order valence-electron chi connectivity index (χ0n) is 17.7. The highest BCUT2D eigenvalue weighted by molar-refractivity contribution is 5.92. The van der Waals surface area contributed by atoms with Gasteiger partial charge in [-0.25, -0.2) is 9.78 Å². The van der Waals surface area contributed by atoms with Crippen LogP contribution in [0.4, 0.5) is 13.2 Å². The lowest BCUT2D eigenvalue weighted by atomic mass is 9.92. The Balaban J connectivity index is 0.000000360. The van der Waals surface area contributed by atoms with E-state index >= 15 is 0 Å². The van der Waals surface area contributed by atoms with Crippen molar-refractivity contribution in [3.05, 3.63) is 42.2 Å². The molecule has 2 aliphatic heterocycles. The fourth-order valence-electron chi connectivity index (χ4n) is 4.25. The lowest BCUT2D eigenvalue weighted by Crippen LogP contribution is -2.48. The van der Waals surface area contributed by atoms with Crippen LogP contribution in [0.2, 0.25) is 0 Å². The third-order valence-corrected chi connectivity index (χ3v) is 5.85. The van der Waals surface area contributed by atoms with Gasteiger partial charge in [-0.2, -0.15) is 18.3 Å². The molecule has 0 radical (unpaired) electrons. The Hall–Kier alpha value is -3.02. The molecule has 0 aliphatic carbocycles. The number of halogens is 3. The van der Waals surface area contributed by atoms with Gasteiger partial charge in [0.25, 0.3) is 5.91 Å². The average Bonchev–Trinajstić information content (AvgIpc) is 3.36. The standard InChI is InChI=1S/C18H24N6O.C2HF3O2/c1-13-9-20-16(10-19-13)18(25)23-7-4-17-14(11-23)8-15(22(17)2)12-24-6-3-5-21-24;3-2(4,5)1(6)7/h3,5-6,9-10,14-15,17H,4,7-8,11-12H2,1-2H3;(H,6,7)/t14-,15?,17+;/m1./s1. The minimum Gasteiger partial charge on any atom is -0.475 e. The fourth-order valence-corrected chi connectivity index (χ4v) is 4.25. The molecule has 174 valence electrons. The molecular formula is C20H25F3N6O3. The minimum atomic E-state index is -5.08. The van der Waals surface area contributed by atoms with E-state index in [0.717, 1.165) is 38.2 Å². The van der Waals surface area contributed by atoms with Gasteiger partial charge in [-0.1, -0.05) is 0 Å². The molecule has 0 bridgehead atoms. The quantitative estimate of drug-likeness (QED) is 0.755. The number of fused-ring (bicyclic) bond motifs is 1. The number of carbonyl (C=O) groups excluding carboxylic acids is 1. The number of rotatable bonds is 3. The van der Waals surface area contributed by atoms with Crippen LogP contribution in [0.1, 0.15) is 29.0 Å². The minimum absolute atomic E-state index is 0.00382. The van der Waals surface area contributed by atoms with Crippen molar-refractivity contribution in [1.82, 2.24) is 29.5 Å². The summed E-state index contributed by atoms with van der Waals surface area (Å²) < 4.78 is 33.7. The maximum Gasteiger partial charge on any atom is 0.490 e. The Morgan fingerprint density at radius 3 is 2.53 bits per heavy atom. The molecule has 2 aliphatic rings. The van der Waals surface area contributed by atoms with Crippen molar-refractivity contribution < 1.29 is 27.9 Å². The second-order valence-electron chi connectivity index (χ2n) is 8.00. The summed E-state index contributed by atoms with van der Waals surface area (Å²) in [6.45, 7) is 4.38. The number of carboxylic acids is 1. The van der Waals surface area contributed by atoms with E-state index in [9.17, 15) is 18.0 Å². The van der Waals surface area contributed by atoms with Crippen LogP contribution in [0.25, 0.3) is 0 Å². The van der Waals surface area contributed by atoms with Gasteiger partial charge in [0.05, 0.1) is 18.4 Å². The lowest BCUT2D eigenvalue weighted by molar-refractivity contribution is -0.192. The summed E-state index contributed by atoms with van der Waals surface area (Å²) in [5.41, 5.74) is 1.28. The van der Waals surface area contributed by atoms with Gasteiger partial charge in [0, 0.05) is 43.8 Å². The van der Waals surface area contributed by atoms with Crippen molar-refractivity contribution in [3.8, 4) is 0 Å². The molecule has 1 amide bonds. The highest BCUT2D eigenvalue weighted by Crippen LogP contribution is 2.35. The molecule has 0 aromatic carbocycles. The van der Waals surface area contributed by atoms with E-state index in [4.69, 9.17) is 9.90 Å².